The SMILES string of the molecule is N#CCC1CCN(c2cc(Cl)cc(Cl)c2)CC1. The number of rotatable bonds is 2. The molecule has 0 N–H and O–H groups in total. The van der Waals surface area contributed by atoms with Crippen LogP contribution in [-0.4, -0.2) is 13.1 Å². The molecule has 0 spiro atoms. The average molecular weight is 269 g/mol. The van der Waals surface area contributed by atoms with Crippen molar-refractivity contribution >= 4 is 28.9 Å². The van der Waals surface area contributed by atoms with Gasteiger partial charge in [-0.15, -0.1) is 0 Å². The van der Waals surface area contributed by atoms with E-state index in [-0.39, 0.29) is 0 Å². The first-order valence-corrected chi connectivity index (χ1v) is 6.52. The van der Waals surface area contributed by atoms with Crippen LogP contribution in [-0.2, 0) is 0 Å². The molecule has 0 bridgehead atoms. The molecule has 17 heavy (non-hydrogen) atoms. The lowest BCUT2D eigenvalue weighted by atomic mass is 9.94. The Balaban J connectivity index is 2.03. The number of nitrogens with zero attached hydrogens (tertiary/aromatic N) is 2. The van der Waals surface area contributed by atoms with Gasteiger partial charge in [-0.25, -0.2) is 0 Å². The summed E-state index contributed by atoms with van der Waals surface area (Å²) in [5.74, 6) is 0.547. The van der Waals surface area contributed by atoms with Crippen LogP contribution in [0.4, 0.5) is 5.69 Å². The van der Waals surface area contributed by atoms with E-state index in [9.17, 15) is 0 Å². The summed E-state index contributed by atoms with van der Waals surface area (Å²) in [5.41, 5.74) is 1.08. The normalized spacial score (nSPS) is 16.9. The molecule has 1 aliphatic rings. The molecular weight excluding hydrogens is 255 g/mol. The molecule has 4 heteroatoms. The van der Waals surface area contributed by atoms with Crippen LogP contribution in [0.15, 0.2) is 18.2 Å². The lowest BCUT2D eigenvalue weighted by Gasteiger charge is -2.33. The Morgan fingerprint density at radius 3 is 2.29 bits per heavy atom. The molecule has 0 aliphatic carbocycles. The van der Waals surface area contributed by atoms with E-state index in [1.807, 2.05) is 12.1 Å². The van der Waals surface area contributed by atoms with Gasteiger partial charge >= 0.3 is 0 Å². The molecule has 0 unspecified atom stereocenters. The van der Waals surface area contributed by atoms with Gasteiger partial charge in [-0.3, -0.25) is 0 Å². The summed E-state index contributed by atoms with van der Waals surface area (Å²) in [5, 5.41) is 10.0. The van der Waals surface area contributed by atoms with Crippen LogP contribution in [0, 0.1) is 17.2 Å². The lowest BCUT2D eigenvalue weighted by molar-refractivity contribution is 0.413. The molecule has 0 amide bonds. The fourth-order valence-electron chi connectivity index (χ4n) is 2.25. The molecule has 1 aliphatic heterocycles. The van der Waals surface area contributed by atoms with E-state index in [0.717, 1.165) is 31.6 Å². The van der Waals surface area contributed by atoms with Gasteiger partial charge in [0.1, 0.15) is 0 Å². The topological polar surface area (TPSA) is 27.0 Å². The first-order chi connectivity index (χ1) is 8.19. The van der Waals surface area contributed by atoms with Gasteiger partial charge in [0.05, 0.1) is 6.07 Å². The summed E-state index contributed by atoms with van der Waals surface area (Å²) in [6.45, 7) is 1.95. The molecule has 0 radical (unpaired) electrons. The van der Waals surface area contributed by atoms with Crippen molar-refractivity contribution in [1.82, 2.24) is 0 Å². The van der Waals surface area contributed by atoms with Crippen LogP contribution >= 0.6 is 23.2 Å². The Labute approximate surface area is 112 Å². The second-order valence-corrected chi connectivity index (χ2v) is 5.29. The predicted octanol–water partition coefficient (Wildman–Crippen LogP) is 4.12. The zero-order chi connectivity index (χ0) is 12.3. The molecule has 1 saturated heterocycles. The maximum Gasteiger partial charge on any atom is 0.0624 e. The molecule has 0 aromatic heterocycles. The third-order valence-corrected chi connectivity index (χ3v) is 3.64. The van der Waals surface area contributed by atoms with Gasteiger partial charge in [0, 0.05) is 35.2 Å². The molecule has 2 nitrogen and oxygen atoms in total. The van der Waals surface area contributed by atoms with Crippen LogP contribution in [0.2, 0.25) is 10.0 Å². The number of piperidine rings is 1. The minimum atomic E-state index is 0.547. The fraction of sp³-hybridized carbons (Fsp3) is 0.462. The molecule has 1 aromatic carbocycles. The first kappa shape index (κ1) is 12.5. The van der Waals surface area contributed by atoms with Gasteiger partial charge < -0.3 is 4.90 Å². The molecule has 1 heterocycles. The molecule has 1 fully saturated rings. The Bertz CT molecular complexity index is 411. The highest BCUT2D eigenvalue weighted by Crippen LogP contribution is 2.29. The quantitative estimate of drug-likeness (QED) is 0.807. The molecule has 0 atom stereocenters. The number of hydrogen-bond donors (Lipinski definition) is 0. The van der Waals surface area contributed by atoms with E-state index in [1.54, 1.807) is 6.07 Å². The first-order valence-electron chi connectivity index (χ1n) is 5.77. The van der Waals surface area contributed by atoms with Crippen molar-refractivity contribution in [3.8, 4) is 6.07 Å². The summed E-state index contributed by atoms with van der Waals surface area (Å²) in [6, 6.07) is 7.88. The Hall–Kier alpha value is -0.910. The summed E-state index contributed by atoms with van der Waals surface area (Å²) in [4.78, 5) is 2.28. The van der Waals surface area contributed by atoms with E-state index >= 15 is 0 Å². The average Bonchev–Trinajstić information content (AvgIpc) is 2.29. The van der Waals surface area contributed by atoms with Crippen molar-refractivity contribution < 1.29 is 0 Å². The molecule has 90 valence electrons. The number of halogens is 2. The molecule has 1 aromatic rings. The van der Waals surface area contributed by atoms with Gasteiger partial charge in [-0.2, -0.15) is 5.26 Å². The lowest BCUT2D eigenvalue weighted by Crippen LogP contribution is -2.33. The minimum Gasteiger partial charge on any atom is -0.371 e. The van der Waals surface area contributed by atoms with Gasteiger partial charge in [0.2, 0.25) is 0 Å². The van der Waals surface area contributed by atoms with Crippen molar-refractivity contribution in [2.24, 2.45) is 5.92 Å². The van der Waals surface area contributed by atoms with Crippen LogP contribution < -0.4 is 4.90 Å². The van der Waals surface area contributed by atoms with Crippen LogP contribution in [0.5, 0.6) is 0 Å². The van der Waals surface area contributed by atoms with Crippen molar-refractivity contribution in [2.75, 3.05) is 18.0 Å². The fourth-order valence-corrected chi connectivity index (χ4v) is 2.76. The maximum absolute atomic E-state index is 8.68. The standard InChI is InChI=1S/C13H14Cl2N2/c14-11-7-12(15)9-13(8-11)17-5-2-10(1-4-16)3-6-17/h7-10H,1-3,5-6H2. The zero-order valence-corrected chi connectivity index (χ0v) is 11.0. The summed E-state index contributed by atoms with van der Waals surface area (Å²) < 4.78 is 0. The largest absolute Gasteiger partial charge is 0.371 e. The summed E-state index contributed by atoms with van der Waals surface area (Å²) in [6.07, 6.45) is 2.81. The Morgan fingerprint density at radius 1 is 1.18 bits per heavy atom. The summed E-state index contributed by atoms with van der Waals surface area (Å²) >= 11 is 12.0. The number of benzene rings is 1. The van der Waals surface area contributed by atoms with E-state index in [1.165, 1.54) is 0 Å². The highest BCUT2D eigenvalue weighted by Gasteiger charge is 2.19. The number of anilines is 1. The number of nitriles is 1. The highest BCUT2D eigenvalue weighted by atomic mass is 35.5. The van der Waals surface area contributed by atoms with Crippen LogP contribution in [0.1, 0.15) is 19.3 Å². The van der Waals surface area contributed by atoms with Gasteiger partial charge in [0.15, 0.2) is 0 Å². The van der Waals surface area contributed by atoms with Crippen molar-refractivity contribution in [3.05, 3.63) is 28.2 Å². The van der Waals surface area contributed by atoms with Crippen LogP contribution in [0.25, 0.3) is 0 Å². The second-order valence-electron chi connectivity index (χ2n) is 4.42. The third-order valence-electron chi connectivity index (χ3n) is 3.21. The zero-order valence-electron chi connectivity index (χ0n) is 9.50. The van der Waals surface area contributed by atoms with Gasteiger partial charge in [-0.05, 0) is 37.0 Å². The van der Waals surface area contributed by atoms with E-state index in [0.29, 0.717) is 22.4 Å². The number of hydrogen-bond acceptors (Lipinski definition) is 2. The predicted molar refractivity (Wildman–Crippen MR) is 71.6 cm³/mol. The Kier molecular flexibility index (Phi) is 4.15. The van der Waals surface area contributed by atoms with E-state index in [2.05, 4.69) is 11.0 Å². The molecular formula is C13H14Cl2N2. The maximum atomic E-state index is 8.68. The molecule has 2 rings (SSSR count). The van der Waals surface area contributed by atoms with Gasteiger partial charge in [-0.1, -0.05) is 23.2 Å². The highest BCUT2D eigenvalue weighted by molar-refractivity contribution is 6.35. The van der Waals surface area contributed by atoms with E-state index < -0.39 is 0 Å². The Morgan fingerprint density at radius 2 is 1.76 bits per heavy atom. The molecule has 0 saturated carbocycles. The monoisotopic (exact) mass is 268 g/mol. The van der Waals surface area contributed by atoms with Crippen molar-refractivity contribution in [1.29, 1.82) is 5.26 Å². The third kappa shape index (κ3) is 3.28. The van der Waals surface area contributed by atoms with Crippen LogP contribution in [0.3, 0.4) is 0 Å². The van der Waals surface area contributed by atoms with Crippen molar-refractivity contribution in [3.63, 3.8) is 0 Å². The second kappa shape index (κ2) is 5.62. The smallest absolute Gasteiger partial charge is 0.0624 e. The summed E-state index contributed by atoms with van der Waals surface area (Å²) in [7, 11) is 0. The van der Waals surface area contributed by atoms with E-state index in [4.69, 9.17) is 28.5 Å². The minimum absolute atomic E-state index is 0.547. The van der Waals surface area contributed by atoms with Crippen molar-refractivity contribution in [2.45, 2.75) is 19.3 Å². The van der Waals surface area contributed by atoms with Gasteiger partial charge in [0.25, 0.3) is 0 Å².